The Labute approximate surface area is 381 Å². The second kappa shape index (κ2) is 48.6. The summed E-state index contributed by atoms with van der Waals surface area (Å²) in [5, 5.41) is 23.7. The molecule has 0 spiro atoms. The summed E-state index contributed by atoms with van der Waals surface area (Å²) in [6, 6.07) is -0.736. The van der Waals surface area contributed by atoms with Crippen LogP contribution in [-0.4, -0.2) is 46.9 Å². The van der Waals surface area contributed by atoms with Gasteiger partial charge in [0.05, 0.1) is 25.2 Å². The summed E-state index contributed by atoms with van der Waals surface area (Å²) in [5.74, 6) is -0.583. The summed E-state index contributed by atoms with van der Waals surface area (Å²) >= 11 is 0. The van der Waals surface area contributed by atoms with Gasteiger partial charge < -0.3 is 20.3 Å². The van der Waals surface area contributed by atoms with Crippen molar-refractivity contribution in [1.82, 2.24) is 5.32 Å². The van der Waals surface area contributed by atoms with Gasteiger partial charge in [0.1, 0.15) is 6.10 Å². The number of amides is 1. The predicted molar refractivity (Wildman–Crippen MR) is 268 cm³/mol. The quantitative estimate of drug-likeness (QED) is 0.0322. The van der Waals surface area contributed by atoms with Gasteiger partial charge >= 0.3 is 5.97 Å². The fourth-order valence-corrected chi connectivity index (χ4v) is 7.00. The van der Waals surface area contributed by atoms with Crippen LogP contribution in [0.5, 0.6) is 0 Å². The number of ether oxygens (including phenoxy) is 1. The lowest BCUT2D eigenvalue weighted by Crippen LogP contribution is -2.46. The molecule has 0 aromatic heterocycles. The third-order valence-corrected chi connectivity index (χ3v) is 10.8. The van der Waals surface area contributed by atoms with Crippen molar-refractivity contribution < 1.29 is 24.5 Å². The lowest BCUT2D eigenvalue weighted by Gasteiger charge is -2.24. The third-order valence-electron chi connectivity index (χ3n) is 10.8. The first-order chi connectivity index (χ1) is 30.5. The maximum atomic E-state index is 13.2. The Morgan fingerprint density at radius 1 is 0.484 bits per heavy atom. The van der Waals surface area contributed by atoms with Crippen molar-refractivity contribution in [2.45, 2.75) is 225 Å². The predicted octanol–water partition coefficient (Wildman–Crippen LogP) is 15.1. The largest absolute Gasteiger partial charge is 0.462 e. The molecule has 0 aliphatic rings. The van der Waals surface area contributed by atoms with Gasteiger partial charge in [-0.2, -0.15) is 0 Å². The average molecular weight is 860 g/mol. The molecule has 3 unspecified atom stereocenters. The van der Waals surface area contributed by atoms with Crippen molar-refractivity contribution in [3.05, 3.63) is 109 Å². The minimum Gasteiger partial charge on any atom is -0.462 e. The smallest absolute Gasteiger partial charge is 0.306 e. The summed E-state index contributed by atoms with van der Waals surface area (Å²) in [5.41, 5.74) is 0. The standard InChI is InChI=1S/C56H93NO5/c1-4-7-10-13-16-19-22-24-26-27-28-30-32-34-37-40-43-46-49-56(61)62-52(47-44-41-38-35-33-31-29-25-23-20-17-14-11-8-5-2)50-55(60)57-53(51-58)54(59)48-45-42-39-36-21-18-15-12-9-6-3/h8,11,14,17,20,22-31,33,35,38,52-54,58-59H,4-7,9-10,12-13,15-16,18-19,21,32,34,36-37,39-51H2,1-3H3,(H,57,60)/b11-8-,17-14+,23-20+,24-22+,27-26+,29-25-,30-28+,33-31+,38-35+. The van der Waals surface area contributed by atoms with Crippen molar-refractivity contribution in [3.8, 4) is 0 Å². The zero-order chi connectivity index (χ0) is 45.2. The molecule has 1 amide bonds. The maximum Gasteiger partial charge on any atom is 0.306 e. The van der Waals surface area contributed by atoms with E-state index in [1.165, 1.54) is 77.0 Å². The molecule has 0 rings (SSSR count). The number of rotatable bonds is 43. The monoisotopic (exact) mass is 860 g/mol. The molecule has 352 valence electrons. The highest BCUT2D eigenvalue weighted by molar-refractivity contribution is 5.77. The Balaban J connectivity index is 4.79. The van der Waals surface area contributed by atoms with Gasteiger partial charge in [0.2, 0.25) is 5.91 Å². The Morgan fingerprint density at radius 2 is 0.887 bits per heavy atom. The van der Waals surface area contributed by atoms with Gasteiger partial charge in [-0.15, -0.1) is 0 Å². The van der Waals surface area contributed by atoms with Crippen LogP contribution in [0.15, 0.2) is 109 Å². The van der Waals surface area contributed by atoms with Crippen molar-refractivity contribution in [3.63, 3.8) is 0 Å². The lowest BCUT2D eigenvalue weighted by molar-refractivity contribution is -0.151. The third kappa shape index (κ3) is 43.2. The normalized spacial score (nSPS) is 14.2. The molecular weight excluding hydrogens is 767 g/mol. The Morgan fingerprint density at radius 3 is 1.35 bits per heavy atom. The summed E-state index contributed by atoms with van der Waals surface area (Å²) in [7, 11) is 0. The van der Waals surface area contributed by atoms with E-state index in [1.807, 2.05) is 60.8 Å². The van der Waals surface area contributed by atoms with Crippen LogP contribution in [0.1, 0.15) is 207 Å². The van der Waals surface area contributed by atoms with Gasteiger partial charge in [-0.25, -0.2) is 0 Å². The molecule has 0 aromatic rings. The Hall–Kier alpha value is -3.48. The molecule has 0 saturated heterocycles. The van der Waals surface area contributed by atoms with E-state index in [1.54, 1.807) is 0 Å². The van der Waals surface area contributed by atoms with Crippen molar-refractivity contribution in [1.29, 1.82) is 0 Å². The Bertz CT molecular complexity index is 1280. The molecule has 6 nitrogen and oxygen atoms in total. The first-order valence-electron chi connectivity index (χ1n) is 25.2. The van der Waals surface area contributed by atoms with Gasteiger partial charge in [-0.05, 0) is 64.2 Å². The second-order valence-electron chi connectivity index (χ2n) is 16.7. The van der Waals surface area contributed by atoms with Gasteiger partial charge in [-0.1, -0.05) is 239 Å². The first kappa shape index (κ1) is 58.5. The number of carbonyl (C=O) groups is 2. The van der Waals surface area contributed by atoms with Crippen molar-refractivity contribution in [2.75, 3.05) is 6.61 Å². The van der Waals surface area contributed by atoms with Gasteiger partial charge in [-0.3, -0.25) is 9.59 Å². The highest BCUT2D eigenvalue weighted by Crippen LogP contribution is 2.16. The summed E-state index contributed by atoms with van der Waals surface area (Å²) in [4.78, 5) is 26.1. The number of allylic oxidation sites excluding steroid dienone is 18. The number of esters is 1. The molecule has 0 heterocycles. The molecule has 0 radical (unpaired) electrons. The Kier molecular flexibility index (Phi) is 45.8. The van der Waals surface area contributed by atoms with Crippen molar-refractivity contribution in [2.24, 2.45) is 0 Å². The zero-order valence-electron chi connectivity index (χ0n) is 40.0. The van der Waals surface area contributed by atoms with Crippen LogP contribution in [0.25, 0.3) is 0 Å². The molecular formula is C56H93NO5. The minimum atomic E-state index is -0.817. The summed E-state index contributed by atoms with van der Waals surface area (Å²) in [6.45, 7) is 6.27. The zero-order valence-corrected chi connectivity index (χ0v) is 40.0. The van der Waals surface area contributed by atoms with E-state index in [4.69, 9.17) is 4.74 Å². The van der Waals surface area contributed by atoms with Crippen molar-refractivity contribution >= 4 is 11.9 Å². The van der Waals surface area contributed by atoms with Crippen LogP contribution < -0.4 is 5.32 Å². The molecule has 6 heteroatoms. The molecule has 3 N–H and O–H groups in total. The summed E-state index contributed by atoms with van der Waals surface area (Å²) < 4.78 is 5.88. The number of hydrogen-bond donors (Lipinski definition) is 3. The average Bonchev–Trinajstić information content (AvgIpc) is 3.26. The van der Waals surface area contributed by atoms with Crippen LogP contribution in [0.4, 0.5) is 0 Å². The minimum absolute atomic E-state index is 0.0113. The van der Waals surface area contributed by atoms with Crippen LogP contribution >= 0.6 is 0 Å². The molecule has 0 bridgehead atoms. The number of hydrogen-bond acceptors (Lipinski definition) is 5. The van der Waals surface area contributed by atoms with Crippen LogP contribution in [0, 0.1) is 0 Å². The van der Waals surface area contributed by atoms with Crippen LogP contribution in [0.2, 0.25) is 0 Å². The molecule has 0 fully saturated rings. The number of aliphatic hydroxyl groups excluding tert-OH is 2. The van der Waals surface area contributed by atoms with E-state index < -0.39 is 18.2 Å². The second-order valence-corrected chi connectivity index (χ2v) is 16.7. The molecule has 0 aliphatic heterocycles. The molecule has 62 heavy (non-hydrogen) atoms. The number of unbranched alkanes of at least 4 members (excludes halogenated alkanes) is 20. The van der Waals surface area contributed by atoms with E-state index in [0.29, 0.717) is 19.3 Å². The van der Waals surface area contributed by atoms with Gasteiger partial charge in [0.15, 0.2) is 0 Å². The van der Waals surface area contributed by atoms with Gasteiger partial charge in [0, 0.05) is 6.42 Å². The van der Waals surface area contributed by atoms with Gasteiger partial charge in [0.25, 0.3) is 0 Å². The molecule has 0 saturated carbocycles. The first-order valence-corrected chi connectivity index (χ1v) is 25.2. The fraction of sp³-hybridized carbons (Fsp3) is 0.643. The van der Waals surface area contributed by atoms with E-state index in [9.17, 15) is 19.8 Å². The molecule has 0 aliphatic carbocycles. The maximum absolute atomic E-state index is 13.2. The highest BCUT2D eigenvalue weighted by atomic mass is 16.5. The number of carbonyl (C=O) groups excluding carboxylic acids is 2. The fourth-order valence-electron chi connectivity index (χ4n) is 7.00. The highest BCUT2D eigenvalue weighted by Gasteiger charge is 2.24. The SMILES string of the molecule is CC\C=C/C=C/C=C/C=C\C=C\C=C\CCCC(CC(=O)NC(CO)C(O)CCCCCCCCCCCC)OC(=O)CCCCCCC/C=C/C=C/C=C/CCCCCCC. The van der Waals surface area contributed by atoms with E-state index >= 15 is 0 Å². The number of nitrogens with one attached hydrogen (secondary N) is 1. The number of aliphatic hydroxyl groups is 2. The molecule has 0 aromatic carbocycles. The van der Waals surface area contributed by atoms with E-state index in [-0.39, 0.29) is 24.9 Å². The van der Waals surface area contributed by atoms with E-state index in [0.717, 1.165) is 83.5 Å². The van der Waals surface area contributed by atoms with Crippen LogP contribution in [-0.2, 0) is 14.3 Å². The lowest BCUT2D eigenvalue weighted by atomic mass is 10.0. The summed E-state index contributed by atoms with van der Waals surface area (Å²) in [6.07, 6.45) is 65.7. The molecule has 3 atom stereocenters. The van der Waals surface area contributed by atoms with E-state index in [2.05, 4.69) is 74.7 Å². The van der Waals surface area contributed by atoms with Crippen LogP contribution in [0.3, 0.4) is 0 Å². The topological polar surface area (TPSA) is 95.9 Å².